The molecule has 0 radical (unpaired) electrons. The monoisotopic (exact) mass is 409 g/mol. The highest BCUT2D eigenvalue weighted by atomic mass is 16.6. The predicted octanol–water partition coefficient (Wildman–Crippen LogP) is 6.00. The molecule has 0 aliphatic heterocycles. The first kappa shape index (κ1) is 24.0. The quantitative estimate of drug-likeness (QED) is 0.355. The molecule has 0 bridgehead atoms. The number of unbranched alkanes of at least 4 members (excludes halogenated alkanes) is 4. The van der Waals surface area contributed by atoms with Crippen LogP contribution in [0.15, 0.2) is 0 Å². The Labute approximate surface area is 177 Å². The van der Waals surface area contributed by atoms with Crippen LogP contribution in [-0.4, -0.2) is 30.3 Å². The summed E-state index contributed by atoms with van der Waals surface area (Å²) in [7, 11) is 0. The summed E-state index contributed by atoms with van der Waals surface area (Å²) in [4.78, 5) is 25.6. The third-order valence-electron chi connectivity index (χ3n) is 6.89. The van der Waals surface area contributed by atoms with Gasteiger partial charge in [0, 0.05) is 0 Å². The number of esters is 1. The van der Waals surface area contributed by atoms with Crippen LogP contribution in [0.4, 0.5) is 4.79 Å². The van der Waals surface area contributed by atoms with Gasteiger partial charge in [0.25, 0.3) is 0 Å². The lowest BCUT2D eigenvalue weighted by Crippen LogP contribution is -2.54. The van der Waals surface area contributed by atoms with Crippen molar-refractivity contribution in [2.24, 2.45) is 17.8 Å². The Bertz CT molecular complexity index is 513. The smallest absolute Gasteiger partial charge is 0.408 e. The molecule has 0 spiro atoms. The second-order valence-corrected chi connectivity index (χ2v) is 9.73. The molecule has 2 aliphatic carbocycles. The second kappa shape index (κ2) is 11.8. The van der Waals surface area contributed by atoms with E-state index in [1.165, 1.54) is 25.7 Å². The van der Waals surface area contributed by atoms with Crippen LogP contribution in [0.2, 0.25) is 0 Å². The first-order valence-corrected chi connectivity index (χ1v) is 12.0. The maximum atomic E-state index is 12.8. The Morgan fingerprint density at radius 1 is 1.07 bits per heavy atom. The molecule has 5 heteroatoms. The first-order chi connectivity index (χ1) is 13.9. The van der Waals surface area contributed by atoms with Gasteiger partial charge >= 0.3 is 12.1 Å². The van der Waals surface area contributed by atoms with Crippen molar-refractivity contribution in [3.8, 4) is 0 Å². The van der Waals surface area contributed by atoms with Gasteiger partial charge in [0.1, 0.15) is 11.6 Å². The standard InChI is InChI=1S/C24H43NO4/c1-5-6-7-8-11-16-28-22(26)24(14-9-10-15-24)25-23(27)29-21-17-19(4)12-13-20(21)18(2)3/h18-21H,5-17H2,1-4H3,(H,25,27). The topological polar surface area (TPSA) is 64.6 Å². The van der Waals surface area contributed by atoms with E-state index in [0.29, 0.717) is 37.2 Å². The van der Waals surface area contributed by atoms with E-state index < -0.39 is 11.6 Å². The minimum atomic E-state index is -0.895. The van der Waals surface area contributed by atoms with Gasteiger partial charge in [0.2, 0.25) is 0 Å². The lowest BCUT2D eigenvalue weighted by molar-refractivity contribution is -0.151. The van der Waals surface area contributed by atoms with Gasteiger partial charge in [0.05, 0.1) is 6.61 Å². The first-order valence-electron chi connectivity index (χ1n) is 12.0. The normalized spacial score (nSPS) is 26.3. The van der Waals surface area contributed by atoms with Gasteiger partial charge < -0.3 is 14.8 Å². The molecule has 2 saturated carbocycles. The SMILES string of the molecule is CCCCCCCOC(=O)C1(NC(=O)OC2CC(C)CCC2C(C)C)CCCC1. The molecular weight excluding hydrogens is 366 g/mol. The highest BCUT2D eigenvalue weighted by molar-refractivity contribution is 5.86. The number of hydrogen-bond acceptors (Lipinski definition) is 4. The van der Waals surface area contributed by atoms with Crippen LogP contribution >= 0.6 is 0 Å². The molecule has 5 nitrogen and oxygen atoms in total. The zero-order valence-electron chi connectivity index (χ0n) is 19.1. The zero-order valence-corrected chi connectivity index (χ0v) is 19.1. The number of amides is 1. The van der Waals surface area contributed by atoms with Crippen LogP contribution in [0.5, 0.6) is 0 Å². The van der Waals surface area contributed by atoms with E-state index in [9.17, 15) is 9.59 Å². The molecule has 29 heavy (non-hydrogen) atoms. The van der Waals surface area contributed by atoms with Crippen molar-refractivity contribution in [2.45, 2.75) is 116 Å². The van der Waals surface area contributed by atoms with E-state index in [1.807, 2.05) is 0 Å². The number of alkyl carbamates (subject to hydrolysis) is 1. The average Bonchev–Trinajstić information content (AvgIpc) is 3.13. The third kappa shape index (κ3) is 7.18. The molecule has 0 saturated heterocycles. The molecule has 0 aromatic rings. The van der Waals surface area contributed by atoms with Crippen molar-refractivity contribution >= 4 is 12.1 Å². The molecule has 1 amide bonds. The molecule has 0 aromatic heterocycles. The summed E-state index contributed by atoms with van der Waals surface area (Å²) >= 11 is 0. The number of hydrogen-bond donors (Lipinski definition) is 1. The molecule has 0 heterocycles. The van der Waals surface area contributed by atoms with Crippen molar-refractivity contribution < 1.29 is 19.1 Å². The zero-order chi connectivity index (χ0) is 21.3. The minimum absolute atomic E-state index is 0.0632. The van der Waals surface area contributed by atoms with Gasteiger partial charge in [-0.05, 0) is 49.9 Å². The lowest BCUT2D eigenvalue weighted by Gasteiger charge is -2.37. The Hall–Kier alpha value is -1.26. The number of nitrogens with one attached hydrogen (secondary N) is 1. The van der Waals surface area contributed by atoms with Crippen LogP contribution in [0.25, 0.3) is 0 Å². The molecule has 3 atom stereocenters. The van der Waals surface area contributed by atoms with Gasteiger partial charge in [-0.25, -0.2) is 9.59 Å². The van der Waals surface area contributed by atoms with Crippen molar-refractivity contribution in [1.29, 1.82) is 0 Å². The average molecular weight is 410 g/mol. The van der Waals surface area contributed by atoms with Gasteiger partial charge in [0.15, 0.2) is 0 Å². The summed E-state index contributed by atoms with van der Waals surface area (Å²) in [5, 5.41) is 2.94. The molecular formula is C24H43NO4. The Morgan fingerprint density at radius 3 is 2.41 bits per heavy atom. The second-order valence-electron chi connectivity index (χ2n) is 9.73. The van der Waals surface area contributed by atoms with Crippen molar-refractivity contribution in [3.05, 3.63) is 0 Å². The fourth-order valence-corrected chi connectivity index (χ4v) is 4.98. The predicted molar refractivity (Wildman–Crippen MR) is 116 cm³/mol. The van der Waals surface area contributed by atoms with Gasteiger partial charge in [-0.3, -0.25) is 0 Å². The van der Waals surface area contributed by atoms with Crippen LogP contribution in [0.1, 0.15) is 105 Å². The third-order valence-corrected chi connectivity index (χ3v) is 6.89. The summed E-state index contributed by atoms with van der Waals surface area (Å²) in [5.41, 5.74) is -0.895. The van der Waals surface area contributed by atoms with Crippen LogP contribution in [-0.2, 0) is 14.3 Å². The number of carbonyl (C=O) groups excluding carboxylic acids is 2. The summed E-state index contributed by atoms with van der Waals surface area (Å²) in [6, 6.07) is 0. The molecule has 1 N–H and O–H groups in total. The minimum Gasteiger partial charge on any atom is -0.464 e. The fourth-order valence-electron chi connectivity index (χ4n) is 4.98. The van der Waals surface area contributed by atoms with E-state index in [2.05, 4.69) is 33.0 Å². The van der Waals surface area contributed by atoms with Crippen molar-refractivity contribution in [3.63, 3.8) is 0 Å². The highest BCUT2D eigenvalue weighted by Gasteiger charge is 2.45. The molecule has 0 aromatic carbocycles. The van der Waals surface area contributed by atoms with Gasteiger partial charge in [-0.1, -0.05) is 72.6 Å². The van der Waals surface area contributed by atoms with Crippen molar-refractivity contribution in [2.75, 3.05) is 6.61 Å². The fraction of sp³-hybridized carbons (Fsp3) is 0.917. The molecule has 2 rings (SSSR count). The molecule has 168 valence electrons. The number of ether oxygens (including phenoxy) is 2. The van der Waals surface area contributed by atoms with E-state index in [4.69, 9.17) is 9.47 Å². The Kier molecular flexibility index (Phi) is 9.78. The molecule has 2 aliphatic rings. The largest absolute Gasteiger partial charge is 0.464 e. The van der Waals surface area contributed by atoms with Crippen LogP contribution in [0.3, 0.4) is 0 Å². The number of rotatable bonds is 10. The molecule has 3 unspecified atom stereocenters. The summed E-state index contributed by atoms with van der Waals surface area (Å²) in [6.07, 6.45) is 11.4. The highest BCUT2D eigenvalue weighted by Crippen LogP contribution is 2.36. The van der Waals surface area contributed by atoms with Crippen molar-refractivity contribution in [1.82, 2.24) is 5.32 Å². The lowest BCUT2D eigenvalue weighted by atomic mass is 9.75. The maximum absolute atomic E-state index is 12.8. The number of carbonyl (C=O) groups is 2. The maximum Gasteiger partial charge on any atom is 0.408 e. The Morgan fingerprint density at radius 2 is 1.76 bits per heavy atom. The van der Waals surface area contributed by atoms with E-state index in [-0.39, 0.29) is 12.1 Å². The van der Waals surface area contributed by atoms with E-state index in [0.717, 1.165) is 38.5 Å². The summed E-state index contributed by atoms with van der Waals surface area (Å²) < 4.78 is 11.5. The molecule has 2 fully saturated rings. The van der Waals surface area contributed by atoms with Crippen LogP contribution in [0, 0.1) is 17.8 Å². The summed E-state index contributed by atoms with van der Waals surface area (Å²) in [6.45, 7) is 9.25. The Balaban J connectivity index is 1.87. The van der Waals surface area contributed by atoms with Gasteiger partial charge in [-0.2, -0.15) is 0 Å². The van der Waals surface area contributed by atoms with Gasteiger partial charge in [-0.15, -0.1) is 0 Å². The summed E-state index contributed by atoms with van der Waals surface area (Å²) in [5.74, 6) is 1.17. The van der Waals surface area contributed by atoms with E-state index in [1.54, 1.807) is 0 Å². The van der Waals surface area contributed by atoms with E-state index >= 15 is 0 Å². The van der Waals surface area contributed by atoms with Crippen LogP contribution < -0.4 is 5.32 Å².